The average molecular weight is 273 g/mol. The van der Waals surface area contributed by atoms with Gasteiger partial charge in [0.15, 0.2) is 0 Å². The number of rotatable bonds is 2. The van der Waals surface area contributed by atoms with Crippen LogP contribution in [0.2, 0.25) is 0 Å². The smallest absolute Gasteiger partial charge is 0.652 e. The van der Waals surface area contributed by atoms with Gasteiger partial charge in [0.2, 0.25) is 0 Å². The summed E-state index contributed by atoms with van der Waals surface area (Å²) in [5.74, 6) is -0.989. The maximum atomic E-state index is 10.4. The van der Waals surface area contributed by atoms with Crippen LogP contribution in [0.3, 0.4) is 0 Å². The molecule has 0 spiro atoms. The Kier molecular flexibility index (Phi) is 15.0. The van der Waals surface area contributed by atoms with Gasteiger partial charge < -0.3 is 31.0 Å². The van der Waals surface area contributed by atoms with E-state index in [-0.39, 0.29) is 64.9 Å². The van der Waals surface area contributed by atoms with Crippen LogP contribution in [0.4, 0.5) is 4.79 Å². The monoisotopic (exact) mass is 273 g/mol. The number of phenolic OH excluding ortho intramolecular Hbond substituents is 1. The van der Waals surface area contributed by atoms with Gasteiger partial charge in [-0.1, -0.05) is 12.1 Å². The fourth-order valence-corrected chi connectivity index (χ4v) is 0.824. The van der Waals surface area contributed by atoms with E-state index in [4.69, 9.17) is 31.0 Å². The van der Waals surface area contributed by atoms with Gasteiger partial charge in [-0.05, 0) is 23.9 Å². The van der Waals surface area contributed by atoms with Crippen LogP contribution in [0.5, 0.6) is 5.75 Å². The molecule has 1 aromatic rings. The number of phenols is 1. The first-order chi connectivity index (χ1) is 7.34. The molecule has 9 heteroatoms. The Morgan fingerprint density at radius 3 is 1.72 bits per heavy atom. The van der Waals surface area contributed by atoms with Gasteiger partial charge in [0, 0.05) is 0 Å². The first-order valence-corrected chi connectivity index (χ1v) is 4.00. The van der Waals surface area contributed by atoms with Gasteiger partial charge in [-0.15, -0.1) is 0 Å². The largest absolute Gasteiger partial charge is 1.00 e. The van der Waals surface area contributed by atoms with E-state index >= 15 is 0 Å². The molecule has 4 N–H and O–H groups in total. The molecule has 1 atom stereocenters. The van der Waals surface area contributed by atoms with Crippen LogP contribution < -0.4 is 75.1 Å². The van der Waals surface area contributed by atoms with Crippen molar-refractivity contribution in [2.45, 2.75) is 6.04 Å². The second-order valence-electron chi connectivity index (χ2n) is 2.66. The molecule has 0 amide bonds. The van der Waals surface area contributed by atoms with Crippen LogP contribution in [0.25, 0.3) is 0 Å². The third-order valence-corrected chi connectivity index (χ3v) is 1.52. The summed E-state index contributed by atoms with van der Waals surface area (Å²) < 4.78 is 0. The van der Waals surface area contributed by atoms with Gasteiger partial charge in [0.1, 0.15) is 11.8 Å². The first kappa shape index (κ1) is 22.9. The molecule has 18 heavy (non-hydrogen) atoms. The number of carbonyl (C=O) groups excluding carboxylic acids is 1. The van der Waals surface area contributed by atoms with Crippen LogP contribution in [-0.2, 0) is 4.79 Å². The molecule has 0 fully saturated rings. The van der Waals surface area contributed by atoms with Gasteiger partial charge in [0.05, 0.1) is 0 Å². The number of aromatic hydroxyl groups is 1. The fraction of sp³-hybridized carbons (Fsp3) is 0.111. The molecule has 0 heterocycles. The third kappa shape index (κ3) is 10.8. The summed E-state index contributed by atoms with van der Waals surface area (Å²) in [6.45, 7) is 0. The van der Waals surface area contributed by atoms with Gasteiger partial charge in [-0.3, -0.25) is 4.79 Å². The second-order valence-corrected chi connectivity index (χ2v) is 2.66. The Bertz CT molecular complexity index is 366. The van der Waals surface area contributed by atoms with Crippen molar-refractivity contribution in [1.82, 2.24) is 0 Å². The minimum atomic E-state index is -2.33. The molecular formula is C9H9NNa2O6. The van der Waals surface area contributed by atoms with Crippen molar-refractivity contribution >= 4 is 12.1 Å². The molecule has 1 unspecified atom stereocenters. The number of aliphatic carboxylic acids is 1. The van der Waals surface area contributed by atoms with Crippen molar-refractivity contribution in [1.29, 1.82) is 0 Å². The number of carboxylic acid groups (broad SMARTS) is 3. The molecule has 0 aromatic heterocycles. The van der Waals surface area contributed by atoms with Crippen LogP contribution in [0.15, 0.2) is 24.3 Å². The normalized spacial score (nSPS) is 9.61. The number of carbonyl (C=O) groups is 2. The van der Waals surface area contributed by atoms with E-state index in [1.54, 1.807) is 0 Å². The second kappa shape index (κ2) is 11.8. The van der Waals surface area contributed by atoms with Crippen LogP contribution in [-0.4, -0.2) is 22.3 Å². The van der Waals surface area contributed by atoms with Crippen molar-refractivity contribution in [3.8, 4) is 5.75 Å². The van der Waals surface area contributed by atoms with E-state index in [1.165, 1.54) is 24.3 Å². The minimum absolute atomic E-state index is 0. The third-order valence-electron chi connectivity index (χ3n) is 1.52. The van der Waals surface area contributed by atoms with Crippen LogP contribution in [0, 0.1) is 0 Å². The Labute approximate surface area is 147 Å². The molecule has 0 aliphatic heterocycles. The molecular weight excluding hydrogens is 264 g/mol. The summed E-state index contributed by atoms with van der Waals surface area (Å²) in [6, 6.07) is 4.74. The molecule has 1 aromatic carbocycles. The average Bonchev–Trinajstić information content (AvgIpc) is 2.17. The van der Waals surface area contributed by atoms with Gasteiger partial charge in [-0.2, -0.15) is 0 Å². The Morgan fingerprint density at radius 1 is 1.11 bits per heavy atom. The molecule has 7 nitrogen and oxygen atoms in total. The minimum Gasteiger partial charge on any atom is -0.652 e. The zero-order chi connectivity index (χ0) is 12.7. The van der Waals surface area contributed by atoms with Gasteiger partial charge in [0.25, 0.3) is 0 Å². The van der Waals surface area contributed by atoms with E-state index in [9.17, 15) is 4.79 Å². The van der Waals surface area contributed by atoms with Gasteiger partial charge >= 0.3 is 65.1 Å². The quantitative estimate of drug-likeness (QED) is 0.453. The summed E-state index contributed by atoms with van der Waals surface area (Å²) in [5.41, 5.74) is 5.78. The van der Waals surface area contributed by atoms with Crippen molar-refractivity contribution in [2.24, 2.45) is 5.73 Å². The van der Waals surface area contributed by atoms with Crippen molar-refractivity contribution in [2.75, 3.05) is 0 Å². The molecule has 88 valence electrons. The molecule has 0 radical (unpaired) electrons. The van der Waals surface area contributed by atoms with Gasteiger partial charge in [-0.25, -0.2) is 0 Å². The Morgan fingerprint density at radius 2 is 1.44 bits per heavy atom. The molecule has 0 saturated heterocycles. The number of carboxylic acids is 1. The van der Waals surface area contributed by atoms with E-state index in [0.29, 0.717) is 5.56 Å². The Hall–Kier alpha value is -0.280. The summed E-state index contributed by atoms with van der Waals surface area (Å²) in [5, 5.41) is 34.1. The maximum absolute atomic E-state index is 10.4. The summed E-state index contributed by atoms with van der Waals surface area (Å²) >= 11 is 0. The number of hydrogen-bond donors (Lipinski definition) is 3. The van der Waals surface area contributed by atoms with E-state index < -0.39 is 18.2 Å². The number of benzene rings is 1. The van der Waals surface area contributed by atoms with E-state index in [2.05, 4.69) is 0 Å². The predicted octanol–water partition coefficient (Wildman–Crippen LogP) is -7.96. The fourth-order valence-electron chi connectivity index (χ4n) is 0.824. The van der Waals surface area contributed by atoms with E-state index in [0.717, 1.165) is 0 Å². The van der Waals surface area contributed by atoms with Crippen molar-refractivity contribution in [3.05, 3.63) is 29.8 Å². The molecule has 0 saturated carbocycles. The number of nitrogens with two attached hydrogens (primary N) is 1. The van der Waals surface area contributed by atoms with Crippen LogP contribution >= 0.6 is 0 Å². The predicted molar refractivity (Wildman–Crippen MR) is 48.1 cm³/mol. The maximum Gasteiger partial charge on any atom is 1.00 e. The molecule has 0 aliphatic carbocycles. The number of hydrogen-bond acceptors (Lipinski definition) is 6. The van der Waals surface area contributed by atoms with Crippen molar-refractivity contribution in [3.63, 3.8) is 0 Å². The molecule has 1 rings (SSSR count). The standard InChI is InChI=1S/C8H9NO3.CH2O3.2Na/c9-7(8(11)12)5-1-3-6(10)4-2-5;2-1(3)4;;/h1-4,7,10H,9H2,(H,11,12);(H2,2,3,4);;/q;;2*+1/p-2. The summed E-state index contributed by atoms with van der Waals surface area (Å²) in [4.78, 5) is 18.7. The molecule has 0 bridgehead atoms. The van der Waals surface area contributed by atoms with Crippen molar-refractivity contribution < 1.29 is 89.1 Å². The summed E-state index contributed by atoms with van der Waals surface area (Å²) in [7, 11) is 0. The zero-order valence-corrected chi connectivity index (χ0v) is 14.0. The topological polar surface area (TPSA) is 147 Å². The van der Waals surface area contributed by atoms with Crippen LogP contribution in [0.1, 0.15) is 11.6 Å². The molecule has 0 aliphatic rings. The summed E-state index contributed by atoms with van der Waals surface area (Å²) in [6.07, 6.45) is -2.33. The Balaban J connectivity index is -0.000000332. The first-order valence-electron chi connectivity index (χ1n) is 4.00. The van der Waals surface area contributed by atoms with E-state index in [1.807, 2.05) is 0 Å². The SMILES string of the molecule is NC(C(=O)O)c1ccc(O)cc1.O=C([O-])[O-].[Na+].[Na+]. The zero-order valence-electron chi connectivity index (χ0n) is 9.99.